The second-order valence-corrected chi connectivity index (χ2v) is 15.0. The van der Waals surface area contributed by atoms with Gasteiger partial charge in [0.05, 0.1) is 11.5 Å². The van der Waals surface area contributed by atoms with Crippen molar-refractivity contribution in [2.75, 3.05) is 0 Å². The molecule has 5 aliphatic carbocycles. The predicted molar refractivity (Wildman–Crippen MR) is 141 cm³/mol. The number of carboxylic acid groups (broad SMARTS) is 2. The number of rotatable bonds is 1. The van der Waals surface area contributed by atoms with Crippen LogP contribution in [-0.2, 0) is 9.59 Å². The number of hydrogen-bond donors (Lipinski definition) is 3. The van der Waals surface area contributed by atoms with Crippen LogP contribution in [0.15, 0.2) is 0 Å². The molecule has 0 saturated heterocycles. The molecular formula is C31H52O5. The van der Waals surface area contributed by atoms with Crippen molar-refractivity contribution in [3.63, 3.8) is 0 Å². The Morgan fingerprint density at radius 2 is 1.44 bits per heavy atom. The van der Waals surface area contributed by atoms with Gasteiger partial charge in [0.25, 0.3) is 6.47 Å². The highest BCUT2D eigenvalue weighted by molar-refractivity contribution is 5.76. The van der Waals surface area contributed by atoms with Gasteiger partial charge in [0.15, 0.2) is 0 Å². The van der Waals surface area contributed by atoms with Crippen LogP contribution in [0.25, 0.3) is 0 Å². The zero-order valence-corrected chi connectivity index (χ0v) is 23.8. The zero-order valence-electron chi connectivity index (χ0n) is 23.8. The summed E-state index contributed by atoms with van der Waals surface area (Å²) in [6.45, 7) is 17.0. The summed E-state index contributed by atoms with van der Waals surface area (Å²) in [5.41, 5.74) is 0.126. The third-order valence-electron chi connectivity index (χ3n) is 14.1. The van der Waals surface area contributed by atoms with E-state index in [1.54, 1.807) is 0 Å². The molecule has 36 heavy (non-hydrogen) atoms. The SMILES string of the molecule is CC1C2C3CCC4[C@@]5(C)CC[C@@H](O)[C@](C)(C(=O)O)C5CC[C@@]4(C)[C@]3(C)CC[C@@]2(C)CC[C@H]1C.O=CO. The van der Waals surface area contributed by atoms with E-state index in [0.717, 1.165) is 42.9 Å². The fourth-order valence-corrected chi connectivity index (χ4v) is 11.7. The molecule has 0 heterocycles. The van der Waals surface area contributed by atoms with Crippen LogP contribution >= 0.6 is 0 Å². The average Bonchev–Trinajstić information content (AvgIpc) is 2.81. The molecule has 0 aliphatic heterocycles. The van der Waals surface area contributed by atoms with Gasteiger partial charge in [0, 0.05) is 0 Å². The molecule has 5 saturated carbocycles. The van der Waals surface area contributed by atoms with Gasteiger partial charge in [-0.1, -0.05) is 41.5 Å². The van der Waals surface area contributed by atoms with Gasteiger partial charge < -0.3 is 15.3 Å². The van der Waals surface area contributed by atoms with Crippen LogP contribution < -0.4 is 0 Å². The summed E-state index contributed by atoms with van der Waals surface area (Å²) in [4.78, 5) is 20.9. The Balaban J connectivity index is 0.000000967. The lowest BCUT2D eigenvalue weighted by molar-refractivity contribution is -0.258. The van der Waals surface area contributed by atoms with Gasteiger partial charge in [-0.25, -0.2) is 0 Å². The lowest BCUT2D eigenvalue weighted by Gasteiger charge is -2.73. The molecule has 3 N–H and O–H groups in total. The van der Waals surface area contributed by atoms with Gasteiger partial charge >= 0.3 is 5.97 Å². The van der Waals surface area contributed by atoms with Crippen molar-refractivity contribution in [1.82, 2.24) is 0 Å². The van der Waals surface area contributed by atoms with E-state index in [9.17, 15) is 15.0 Å². The first kappa shape index (κ1) is 27.9. The van der Waals surface area contributed by atoms with Gasteiger partial charge in [-0.2, -0.15) is 0 Å². The lowest BCUT2D eigenvalue weighted by atomic mass is 9.31. The van der Waals surface area contributed by atoms with Crippen molar-refractivity contribution in [3.05, 3.63) is 0 Å². The Labute approximate surface area is 218 Å². The minimum atomic E-state index is -1.01. The molecule has 206 valence electrons. The molecule has 0 aromatic rings. The predicted octanol–water partition coefficient (Wildman–Crippen LogP) is 6.87. The molecule has 5 rings (SSSR count). The molecule has 0 amide bonds. The summed E-state index contributed by atoms with van der Waals surface area (Å²) in [5, 5.41) is 28.0. The largest absolute Gasteiger partial charge is 0.483 e. The van der Waals surface area contributed by atoms with Crippen LogP contribution in [0.4, 0.5) is 0 Å². The maximum Gasteiger partial charge on any atom is 0.312 e. The Morgan fingerprint density at radius 3 is 2.06 bits per heavy atom. The van der Waals surface area contributed by atoms with Gasteiger partial charge in [0.1, 0.15) is 0 Å². The Kier molecular flexibility index (Phi) is 6.97. The fourth-order valence-electron chi connectivity index (χ4n) is 11.7. The van der Waals surface area contributed by atoms with E-state index in [2.05, 4.69) is 41.5 Å². The number of carbonyl (C=O) groups is 2. The minimum absolute atomic E-state index is 0.0135. The fraction of sp³-hybridized carbons (Fsp3) is 0.935. The Hall–Kier alpha value is -1.10. The Bertz CT molecular complexity index is 873. The average molecular weight is 505 g/mol. The quantitative estimate of drug-likeness (QED) is 0.339. The van der Waals surface area contributed by atoms with Crippen LogP contribution in [-0.4, -0.2) is 33.9 Å². The van der Waals surface area contributed by atoms with Crippen LogP contribution in [0.2, 0.25) is 0 Å². The molecule has 5 heteroatoms. The molecule has 5 aliphatic rings. The molecular weight excluding hydrogens is 452 g/mol. The molecule has 0 bridgehead atoms. The summed E-state index contributed by atoms with van der Waals surface area (Å²) >= 11 is 0. The summed E-state index contributed by atoms with van der Waals surface area (Å²) < 4.78 is 0. The molecule has 12 atom stereocenters. The highest BCUT2D eigenvalue weighted by Gasteiger charge is 2.71. The first-order valence-corrected chi connectivity index (χ1v) is 14.7. The third kappa shape index (κ3) is 3.49. The van der Waals surface area contributed by atoms with E-state index in [-0.39, 0.29) is 23.2 Å². The van der Waals surface area contributed by atoms with Crippen molar-refractivity contribution in [2.45, 2.75) is 119 Å². The van der Waals surface area contributed by atoms with Crippen LogP contribution in [0, 0.1) is 62.6 Å². The summed E-state index contributed by atoms with van der Waals surface area (Å²) in [6, 6.07) is 0. The maximum atomic E-state index is 12.5. The highest BCUT2D eigenvalue weighted by atomic mass is 16.4. The molecule has 5 nitrogen and oxygen atoms in total. The maximum absolute atomic E-state index is 12.5. The first-order chi connectivity index (χ1) is 16.7. The number of carboxylic acids is 1. The standard InChI is InChI=1S/C30H50O3.CH2O2/c1-18-10-13-26(3)16-17-28(5)20(24(26)19(18)2)8-9-21-27(4)14-12-23(31)30(7,25(32)33)22(27)11-15-29(21,28)6;2-1-3/h18-24,31H,8-17H2,1-7H3,(H,32,33);1H,(H,2,3)/t18-,19?,20?,21?,22?,23-,24?,26-,27-,28-,29-,30-;/m1./s1. The summed E-state index contributed by atoms with van der Waals surface area (Å²) in [7, 11) is 0. The number of aliphatic carboxylic acids is 1. The normalized spacial score (nSPS) is 55.9. The summed E-state index contributed by atoms with van der Waals surface area (Å²) in [6.07, 6.45) is 11.1. The first-order valence-electron chi connectivity index (χ1n) is 14.7. The van der Waals surface area contributed by atoms with Gasteiger partial charge in [-0.05, 0) is 128 Å². The topological polar surface area (TPSA) is 94.8 Å². The van der Waals surface area contributed by atoms with Crippen LogP contribution in [0.3, 0.4) is 0 Å². The third-order valence-corrected chi connectivity index (χ3v) is 14.1. The van der Waals surface area contributed by atoms with Crippen LogP contribution in [0.5, 0.6) is 0 Å². The van der Waals surface area contributed by atoms with Crippen LogP contribution in [0.1, 0.15) is 113 Å². The van der Waals surface area contributed by atoms with Gasteiger partial charge in [0.2, 0.25) is 0 Å². The second-order valence-electron chi connectivity index (χ2n) is 15.0. The molecule has 0 aromatic heterocycles. The van der Waals surface area contributed by atoms with E-state index in [4.69, 9.17) is 9.90 Å². The Morgan fingerprint density at radius 1 is 0.806 bits per heavy atom. The monoisotopic (exact) mass is 504 g/mol. The highest BCUT2D eigenvalue weighted by Crippen LogP contribution is 2.77. The lowest BCUT2D eigenvalue weighted by Crippen LogP contribution is -2.68. The number of aliphatic hydroxyl groups is 1. The summed E-state index contributed by atoms with van der Waals surface area (Å²) in [5.74, 6) is 3.13. The molecule has 5 unspecified atom stereocenters. The molecule has 5 fully saturated rings. The van der Waals surface area contributed by atoms with Crippen molar-refractivity contribution >= 4 is 12.4 Å². The van der Waals surface area contributed by atoms with E-state index in [1.165, 1.54) is 38.5 Å². The van der Waals surface area contributed by atoms with Gasteiger partial charge in [-0.3, -0.25) is 9.59 Å². The zero-order chi connectivity index (χ0) is 26.9. The molecule has 0 aromatic carbocycles. The van der Waals surface area contributed by atoms with E-state index >= 15 is 0 Å². The van der Waals surface area contributed by atoms with Gasteiger partial charge in [-0.15, -0.1) is 0 Å². The van der Waals surface area contributed by atoms with Crippen molar-refractivity contribution in [3.8, 4) is 0 Å². The van der Waals surface area contributed by atoms with Crippen molar-refractivity contribution in [1.29, 1.82) is 0 Å². The smallest absolute Gasteiger partial charge is 0.312 e. The van der Waals surface area contributed by atoms with Crippen molar-refractivity contribution < 1.29 is 24.9 Å². The minimum Gasteiger partial charge on any atom is -0.483 e. The number of aliphatic hydroxyl groups excluding tert-OH is 1. The number of fused-ring (bicyclic) bond motifs is 7. The second kappa shape index (κ2) is 8.99. The van der Waals surface area contributed by atoms with E-state index in [0.29, 0.717) is 23.2 Å². The van der Waals surface area contributed by atoms with E-state index < -0.39 is 17.5 Å². The number of hydrogen-bond acceptors (Lipinski definition) is 3. The van der Waals surface area contributed by atoms with Crippen molar-refractivity contribution in [2.24, 2.45) is 62.6 Å². The molecule has 0 radical (unpaired) electrons. The van der Waals surface area contributed by atoms with E-state index in [1.807, 2.05) is 6.92 Å². The molecule has 0 spiro atoms.